The first-order valence-corrected chi connectivity index (χ1v) is 8.53. The van der Waals surface area contributed by atoms with Crippen LogP contribution >= 0.6 is 0 Å². The number of ether oxygens (including phenoxy) is 1. The Hall–Kier alpha value is -2.11. The molecule has 3 rings (SSSR count). The molecule has 24 heavy (non-hydrogen) atoms. The van der Waals surface area contributed by atoms with Crippen molar-refractivity contribution in [1.29, 1.82) is 0 Å². The van der Waals surface area contributed by atoms with E-state index in [9.17, 15) is 14.0 Å². The van der Waals surface area contributed by atoms with Gasteiger partial charge in [-0.05, 0) is 57.1 Å². The van der Waals surface area contributed by atoms with Crippen LogP contribution in [-0.4, -0.2) is 23.1 Å². The van der Waals surface area contributed by atoms with Gasteiger partial charge in [0.15, 0.2) is 11.6 Å². The zero-order valence-electron chi connectivity index (χ0n) is 13.5. The molecule has 0 unspecified atom stereocenters. The molecule has 0 aromatic heterocycles. The Labute approximate surface area is 140 Å². The van der Waals surface area contributed by atoms with Gasteiger partial charge in [-0.3, -0.25) is 9.59 Å². The Balaban J connectivity index is 1.58. The van der Waals surface area contributed by atoms with Crippen molar-refractivity contribution in [3.05, 3.63) is 24.0 Å². The van der Waals surface area contributed by atoms with Crippen LogP contribution in [0.1, 0.15) is 44.9 Å². The van der Waals surface area contributed by atoms with Gasteiger partial charge in [0.1, 0.15) is 0 Å². The first-order valence-electron chi connectivity index (χ1n) is 8.53. The highest BCUT2D eigenvalue weighted by Gasteiger charge is 2.33. The molecule has 0 heterocycles. The van der Waals surface area contributed by atoms with Crippen molar-refractivity contribution in [2.45, 2.75) is 51.0 Å². The summed E-state index contributed by atoms with van der Waals surface area (Å²) in [5.41, 5.74) is 0.370. The maximum Gasteiger partial charge on any atom is 0.306 e. The van der Waals surface area contributed by atoms with E-state index < -0.39 is 17.7 Å². The third-order valence-electron chi connectivity index (χ3n) is 4.95. The van der Waals surface area contributed by atoms with E-state index in [0.29, 0.717) is 24.9 Å². The van der Waals surface area contributed by atoms with Gasteiger partial charge in [0, 0.05) is 17.7 Å². The SMILES string of the molecule is O=C(O)[C@@H]1CC[C@H](C(=O)Nc2ccc(OC3CCCC3)c(F)c2)C1. The van der Waals surface area contributed by atoms with E-state index in [1.54, 1.807) is 6.07 Å². The molecule has 1 amide bonds. The van der Waals surface area contributed by atoms with Crippen molar-refractivity contribution in [3.8, 4) is 5.75 Å². The summed E-state index contributed by atoms with van der Waals surface area (Å²) >= 11 is 0. The van der Waals surface area contributed by atoms with Crippen LogP contribution in [0.15, 0.2) is 18.2 Å². The van der Waals surface area contributed by atoms with Crippen molar-refractivity contribution < 1.29 is 23.8 Å². The van der Waals surface area contributed by atoms with Crippen molar-refractivity contribution in [3.63, 3.8) is 0 Å². The van der Waals surface area contributed by atoms with Crippen LogP contribution in [0.25, 0.3) is 0 Å². The predicted octanol–water partition coefficient (Wildman–Crippen LogP) is 3.59. The third-order valence-corrected chi connectivity index (χ3v) is 4.95. The number of carboxylic acid groups (broad SMARTS) is 1. The molecule has 130 valence electrons. The summed E-state index contributed by atoms with van der Waals surface area (Å²) in [6.45, 7) is 0. The lowest BCUT2D eigenvalue weighted by Gasteiger charge is -2.15. The van der Waals surface area contributed by atoms with Gasteiger partial charge in [0.05, 0.1) is 12.0 Å². The Kier molecular flexibility index (Phi) is 5.02. The summed E-state index contributed by atoms with van der Waals surface area (Å²) in [7, 11) is 0. The van der Waals surface area contributed by atoms with Crippen molar-refractivity contribution in [1.82, 2.24) is 0 Å². The highest BCUT2D eigenvalue weighted by Crippen LogP contribution is 2.32. The molecule has 2 saturated carbocycles. The molecule has 6 heteroatoms. The Morgan fingerprint density at radius 1 is 1.12 bits per heavy atom. The molecule has 1 aromatic carbocycles. The van der Waals surface area contributed by atoms with Gasteiger partial charge in [-0.2, -0.15) is 0 Å². The molecule has 5 nitrogen and oxygen atoms in total. The minimum atomic E-state index is -0.857. The second-order valence-corrected chi connectivity index (χ2v) is 6.70. The zero-order valence-corrected chi connectivity index (χ0v) is 13.5. The minimum absolute atomic E-state index is 0.0754. The second-order valence-electron chi connectivity index (χ2n) is 6.70. The number of halogens is 1. The van der Waals surface area contributed by atoms with E-state index in [2.05, 4.69) is 5.32 Å². The molecule has 0 saturated heterocycles. The molecule has 0 spiro atoms. The highest BCUT2D eigenvalue weighted by atomic mass is 19.1. The molecule has 2 aliphatic rings. The topological polar surface area (TPSA) is 75.6 Å². The van der Waals surface area contributed by atoms with Crippen molar-refractivity contribution >= 4 is 17.6 Å². The van der Waals surface area contributed by atoms with E-state index in [-0.39, 0.29) is 23.7 Å². The molecule has 2 atom stereocenters. The summed E-state index contributed by atoms with van der Waals surface area (Å²) in [6, 6.07) is 4.42. The van der Waals surface area contributed by atoms with Crippen LogP contribution in [-0.2, 0) is 9.59 Å². The standard InChI is InChI=1S/C18H22FNO4/c19-15-10-13(7-8-16(15)24-14-3-1-2-4-14)20-17(21)11-5-6-12(9-11)18(22)23/h7-8,10-12,14H,1-6,9H2,(H,20,21)(H,22,23)/t11-,12+/m0/s1. The van der Waals surface area contributed by atoms with Crippen LogP contribution in [0.2, 0.25) is 0 Å². The van der Waals surface area contributed by atoms with E-state index in [4.69, 9.17) is 9.84 Å². The molecule has 2 aliphatic carbocycles. The Bertz CT molecular complexity index is 627. The van der Waals surface area contributed by atoms with Crippen LogP contribution in [0.5, 0.6) is 5.75 Å². The average Bonchev–Trinajstić information content (AvgIpc) is 3.21. The molecule has 2 N–H and O–H groups in total. The zero-order chi connectivity index (χ0) is 17.1. The normalized spacial score (nSPS) is 24.0. The lowest BCUT2D eigenvalue weighted by molar-refractivity contribution is -0.141. The number of amides is 1. The smallest absolute Gasteiger partial charge is 0.306 e. The lowest BCUT2D eigenvalue weighted by atomic mass is 10.0. The summed E-state index contributed by atoms with van der Waals surface area (Å²) < 4.78 is 19.8. The summed E-state index contributed by atoms with van der Waals surface area (Å²) in [6.07, 6.45) is 5.59. The monoisotopic (exact) mass is 335 g/mol. The van der Waals surface area contributed by atoms with E-state index in [1.807, 2.05) is 0 Å². The minimum Gasteiger partial charge on any atom is -0.487 e. The number of aliphatic carboxylic acids is 1. The largest absolute Gasteiger partial charge is 0.487 e. The fourth-order valence-corrected chi connectivity index (χ4v) is 3.55. The maximum atomic E-state index is 14.1. The Morgan fingerprint density at radius 3 is 2.46 bits per heavy atom. The molecule has 0 aliphatic heterocycles. The summed E-state index contributed by atoms with van der Waals surface area (Å²) in [4.78, 5) is 23.2. The number of anilines is 1. The number of carbonyl (C=O) groups excluding carboxylic acids is 1. The van der Waals surface area contributed by atoms with Crippen LogP contribution in [0, 0.1) is 17.7 Å². The molecular weight excluding hydrogens is 313 g/mol. The molecule has 0 radical (unpaired) electrons. The van der Waals surface area contributed by atoms with E-state index in [0.717, 1.165) is 25.7 Å². The third kappa shape index (κ3) is 3.86. The molecule has 0 bridgehead atoms. The van der Waals surface area contributed by atoms with Crippen molar-refractivity contribution in [2.24, 2.45) is 11.8 Å². The number of carbonyl (C=O) groups is 2. The van der Waals surface area contributed by atoms with Crippen LogP contribution < -0.4 is 10.1 Å². The number of carboxylic acids is 1. The number of rotatable bonds is 5. The van der Waals surface area contributed by atoms with Gasteiger partial charge in [0.2, 0.25) is 5.91 Å². The van der Waals surface area contributed by atoms with Gasteiger partial charge in [-0.1, -0.05) is 0 Å². The molecular formula is C18H22FNO4. The van der Waals surface area contributed by atoms with Crippen molar-refractivity contribution in [2.75, 3.05) is 5.32 Å². The van der Waals surface area contributed by atoms with Gasteiger partial charge in [0.25, 0.3) is 0 Å². The fourth-order valence-electron chi connectivity index (χ4n) is 3.55. The van der Waals surface area contributed by atoms with Gasteiger partial charge in [-0.15, -0.1) is 0 Å². The number of hydrogen-bond donors (Lipinski definition) is 2. The van der Waals surface area contributed by atoms with Crippen LogP contribution in [0.3, 0.4) is 0 Å². The highest BCUT2D eigenvalue weighted by molar-refractivity contribution is 5.93. The predicted molar refractivity (Wildman–Crippen MR) is 86.4 cm³/mol. The average molecular weight is 335 g/mol. The van der Waals surface area contributed by atoms with Gasteiger partial charge >= 0.3 is 5.97 Å². The Morgan fingerprint density at radius 2 is 1.83 bits per heavy atom. The van der Waals surface area contributed by atoms with E-state index >= 15 is 0 Å². The molecule has 2 fully saturated rings. The van der Waals surface area contributed by atoms with Gasteiger partial charge in [-0.25, -0.2) is 4.39 Å². The lowest BCUT2D eigenvalue weighted by Crippen LogP contribution is -2.21. The number of hydrogen-bond acceptors (Lipinski definition) is 3. The number of nitrogens with one attached hydrogen (secondary N) is 1. The first kappa shape index (κ1) is 16.7. The second kappa shape index (κ2) is 7.20. The maximum absolute atomic E-state index is 14.1. The molecule has 1 aromatic rings. The quantitative estimate of drug-likeness (QED) is 0.862. The fraction of sp³-hybridized carbons (Fsp3) is 0.556. The summed E-state index contributed by atoms with van der Waals surface area (Å²) in [5.74, 6) is -2.17. The van der Waals surface area contributed by atoms with Crippen LogP contribution in [0.4, 0.5) is 10.1 Å². The first-order chi connectivity index (χ1) is 11.5. The summed E-state index contributed by atoms with van der Waals surface area (Å²) in [5, 5.41) is 11.7. The van der Waals surface area contributed by atoms with Gasteiger partial charge < -0.3 is 15.2 Å². The van der Waals surface area contributed by atoms with E-state index in [1.165, 1.54) is 12.1 Å². The number of benzene rings is 1.